The summed E-state index contributed by atoms with van der Waals surface area (Å²) in [5, 5.41) is 0. The Labute approximate surface area is 45.1 Å². The Morgan fingerprint density at radius 1 is 1.50 bits per heavy atom. The third-order valence-electron chi connectivity index (χ3n) is 0.330. The Bertz CT molecular complexity index is 149. The van der Waals surface area contributed by atoms with Crippen molar-refractivity contribution in [3.8, 4) is 0 Å². The van der Waals surface area contributed by atoms with E-state index in [1.807, 2.05) is 0 Å². The van der Waals surface area contributed by atoms with Gasteiger partial charge in [0.15, 0.2) is 0 Å². The lowest BCUT2D eigenvalue weighted by Crippen LogP contribution is -2.11. The van der Waals surface area contributed by atoms with Crippen molar-refractivity contribution < 1.29 is 21.8 Å². The van der Waals surface area contributed by atoms with Gasteiger partial charge < -0.3 is 4.55 Å². The summed E-state index contributed by atoms with van der Waals surface area (Å²) in [5.74, 6) is -1.59. The molecule has 0 heterocycles. The fourth-order valence-corrected chi connectivity index (χ4v) is 0.463. The topological polar surface area (TPSA) is 57.2 Å². The van der Waals surface area contributed by atoms with Crippen molar-refractivity contribution in [2.45, 2.75) is 6.43 Å². The van der Waals surface area contributed by atoms with E-state index in [4.69, 9.17) is 0 Å². The fourth-order valence-electron chi connectivity index (χ4n) is 0.154. The second-order valence-electron chi connectivity index (χ2n) is 1.12. The molecule has 8 heavy (non-hydrogen) atoms. The third-order valence-corrected chi connectivity index (χ3v) is 0.990. The molecule has 0 radical (unpaired) electrons. The van der Waals surface area contributed by atoms with Crippen molar-refractivity contribution in [1.29, 1.82) is 0 Å². The van der Waals surface area contributed by atoms with Crippen molar-refractivity contribution in [2.24, 2.45) is 0 Å². The molecule has 0 aromatic rings. The van der Waals surface area contributed by atoms with Gasteiger partial charge in [0.2, 0.25) is 0 Å². The van der Waals surface area contributed by atoms with Gasteiger partial charge in [-0.05, 0) is 0 Å². The van der Waals surface area contributed by atoms with Crippen LogP contribution in [-0.4, -0.2) is 25.1 Å². The second kappa shape index (κ2) is 2.36. The van der Waals surface area contributed by atoms with Gasteiger partial charge in [-0.15, -0.1) is 0 Å². The van der Waals surface area contributed by atoms with E-state index < -0.39 is 22.3 Å². The molecule has 0 saturated heterocycles. The van der Waals surface area contributed by atoms with Crippen LogP contribution in [0.25, 0.3) is 0 Å². The van der Waals surface area contributed by atoms with Crippen molar-refractivity contribution in [2.75, 3.05) is 5.75 Å². The van der Waals surface area contributed by atoms with Crippen LogP contribution in [0.15, 0.2) is 0 Å². The molecule has 0 saturated carbocycles. The molecular formula is C2H3F2O3S-. The zero-order valence-corrected chi connectivity index (χ0v) is 4.49. The molecule has 0 fully saturated rings. The van der Waals surface area contributed by atoms with Gasteiger partial charge in [0.25, 0.3) is 6.43 Å². The zero-order chi connectivity index (χ0) is 6.78. The van der Waals surface area contributed by atoms with E-state index in [0.717, 1.165) is 0 Å². The quantitative estimate of drug-likeness (QED) is 0.505. The lowest BCUT2D eigenvalue weighted by Gasteiger charge is -2.02. The highest BCUT2D eigenvalue weighted by Gasteiger charge is 2.06. The predicted molar refractivity (Wildman–Crippen MR) is 20.6 cm³/mol. The van der Waals surface area contributed by atoms with Crippen molar-refractivity contribution in [3.63, 3.8) is 0 Å². The van der Waals surface area contributed by atoms with Crippen LogP contribution in [0.2, 0.25) is 0 Å². The Kier molecular flexibility index (Phi) is 2.29. The molecule has 0 atom stereocenters. The van der Waals surface area contributed by atoms with E-state index in [1.54, 1.807) is 0 Å². The number of hydrogen-bond donors (Lipinski definition) is 0. The van der Waals surface area contributed by atoms with E-state index >= 15 is 0 Å². The monoisotopic (exact) mass is 145 g/mol. The Balaban J connectivity index is 3.75. The molecule has 0 aromatic carbocycles. The number of halogens is 2. The van der Waals surface area contributed by atoms with Crippen LogP contribution in [0.3, 0.4) is 0 Å². The molecule has 0 unspecified atom stereocenters. The van der Waals surface area contributed by atoms with Crippen LogP contribution in [0.5, 0.6) is 0 Å². The largest absolute Gasteiger partial charge is 0.748 e. The molecular weight excluding hydrogens is 142 g/mol. The van der Waals surface area contributed by atoms with Crippen LogP contribution >= 0.6 is 0 Å². The zero-order valence-electron chi connectivity index (χ0n) is 3.67. The summed E-state index contributed by atoms with van der Waals surface area (Å²) in [7, 11) is -4.72. The summed E-state index contributed by atoms with van der Waals surface area (Å²) in [6.07, 6.45) is -3.06. The number of hydrogen-bond acceptors (Lipinski definition) is 3. The van der Waals surface area contributed by atoms with Gasteiger partial charge in [-0.25, -0.2) is 17.2 Å². The van der Waals surface area contributed by atoms with Crippen LogP contribution in [0.1, 0.15) is 0 Å². The maximum Gasteiger partial charge on any atom is 0.251 e. The molecule has 6 heteroatoms. The summed E-state index contributed by atoms with van der Waals surface area (Å²) in [4.78, 5) is 0. The highest BCUT2D eigenvalue weighted by molar-refractivity contribution is 7.85. The van der Waals surface area contributed by atoms with Gasteiger partial charge in [-0.3, -0.25) is 0 Å². The SMILES string of the molecule is O=S(=O)([O-])CC(F)F. The summed E-state index contributed by atoms with van der Waals surface area (Å²) >= 11 is 0. The molecule has 0 aliphatic heterocycles. The first-order valence-electron chi connectivity index (χ1n) is 1.63. The standard InChI is InChI=1S/C2H4F2O3S/c3-2(4)1-8(5,6)7/h2H,1H2,(H,5,6,7)/p-1. The molecule has 0 spiro atoms. The smallest absolute Gasteiger partial charge is 0.251 e. The molecule has 0 aromatic heterocycles. The minimum absolute atomic E-state index is 1.59. The Morgan fingerprint density at radius 2 is 1.88 bits per heavy atom. The first-order chi connectivity index (χ1) is 3.42. The molecule has 0 rings (SSSR count). The summed E-state index contributed by atoms with van der Waals surface area (Å²) in [6, 6.07) is 0. The molecule has 0 aliphatic carbocycles. The van der Waals surface area contributed by atoms with E-state index in [9.17, 15) is 21.8 Å². The van der Waals surface area contributed by atoms with Gasteiger partial charge in [0, 0.05) is 0 Å². The first-order valence-corrected chi connectivity index (χ1v) is 3.21. The lowest BCUT2D eigenvalue weighted by molar-refractivity contribution is 0.171. The highest BCUT2D eigenvalue weighted by Crippen LogP contribution is 1.94. The highest BCUT2D eigenvalue weighted by atomic mass is 32.2. The van der Waals surface area contributed by atoms with E-state index in [2.05, 4.69) is 0 Å². The maximum absolute atomic E-state index is 11.0. The van der Waals surface area contributed by atoms with Crippen LogP contribution in [0, 0.1) is 0 Å². The normalized spacial score (nSPS) is 12.5. The molecule has 50 valence electrons. The van der Waals surface area contributed by atoms with Crippen molar-refractivity contribution >= 4 is 10.1 Å². The average Bonchev–Trinajstić information content (AvgIpc) is 1.21. The van der Waals surface area contributed by atoms with Gasteiger partial charge >= 0.3 is 0 Å². The lowest BCUT2D eigenvalue weighted by atomic mass is 10.9. The molecule has 0 bridgehead atoms. The Hall–Kier alpha value is -0.230. The van der Waals surface area contributed by atoms with Crippen LogP contribution in [0.4, 0.5) is 8.78 Å². The van der Waals surface area contributed by atoms with E-state index in [-0.39, 0.29) is 0 Å². The summed E-state index contributed by atoms with van der Waals surface area (Å²) in [5.41, 5.74) is 0. The van der Waals surface area contributed by atoms with E-state index in [1.165, 1.54) is 0 Å². The molecule has 0 N–H and O–H groups in total. The van der Waals surface area contributed by atoms with Crippen molar-refractivity contribution in [1.82, 2.24) is 0 Å². The molecule has 0 amide bonds. The van der Waals surface area contributed by atoms with Gasteiger partial charge in [0.05, 0.1) is 5.75 Å². The van der Waals surface area contributed by atoms with Gasteiger partial charge in [0.1, 0.15) is 10.1 Å². The minimum atomic E-state index is -4.72. The van der Waals surface area contributed by atoms with E-state index in [0.29, 0.717) is 0 Å². The number of rotatable bonds is 2. The van der Waals surface area contributed by atoms with Gasteiger partial charge in [-0.1, -0.05) is 0 Å². The van der Waals surface area contributed by atoms with Crippen LogP contribution < -0.4 is 0 Å². The molecule has 0 aliphatic rings. The number of alkyl halides is 2. The van der Waals surface area contributed by atoms with Crippen molar-refractivity contribution in [3.05, 3.63) is 0 Å². The summed E-state index contributed by atoms with van der Waals surface area (Å²) in [6.45, 7) is 0. The predicted octanol–water partition coefficient (Wildman–Crippen LogP) is -0.203. The second-order valence-corrected chi connectivity index (χ2v) is 2.56. The summed E-state index contributed by atoms with van der Waals surface area (Å²) < 4.78 is 50.1. The first kappa shape index (κ1) is 7.77. The maximum atomic E-state index is 11.0. The Morgan fingerprint density at radius 3 is 1.88 bits per heavy atom. The third kappa shape index (κ3) is 5.77. The van der Waals surface area contributed by atoms with Gasteiger partial charge in [-0.2, -0.15) is 0 Å². The van der Waals surface area contributed by atoms with Crippen LogP contribution in [-0.2, 0) is 10.1 Å². The minimum Gasteiger partial charge on any atom is -0.748 e. The fraction of sp³-hybridized carbons (Fsp3) is 1.00. The molecule has 3 nitrogen and oxygen atoms in total. The average molecular weight is 145 g/mol.